The Kier molecular flexibility index (Phi) is 3.23. The summed E-state index contributed by atoms with van der Waals surface area (Å²) in [4.78, 5) is 3.90. The van der Waals surface area contributed by atoms with Crippen molar-refractivity contribution in [1.29, 1.82) is 0 Å². The Morgan fingerprint density at radius 1 is 1.06 bits per heavy atom. The van der Waals surface area contributed by atoms with Crippen LogP contribution in [0.2, 0.25) is 0 Å². The first-order valence-corrected chi connectivity index (χ1v) is 4.79. The smallest absolute Gasteiger partial charge is 0.123 e. The molecule has 0 saturated heterocycles. The fourth-order valence-electron chi connectivity index (χ4n) is 1.16. The van der Waals surface area contributed by atoms with Crippen LogP contribution in [0.1, 0.15) is 5.56 Å². The van der Waals surface area contributed by atoms with E-state index >= 15 is 0 Å². The third-order valence-corrected chi connectivity index (χ3v) is 1.96. The van der Waals surface area contributed by atoms with Crippen molar-refractivity contribution in [1.82, 2.24) is 4.98 Å². The summed E-state index contributed by atoms with van der Waals surface area (Å²) in [6, 6.07) is 9.69. The molecule has 2 aromatic rings. The zero-order valence-electron chi connectivity index (χ0n) is 8.47. The molecule has 0 bridgehead atoms. The van der Waals surface area contributed by atoms with Gasteiger partial charge in [0.15, 0.2) is 0 Å². The minimum atomic E-state index is -0.260. The van der Waals surface area contributed by atoms with E-state index in [0.29, 0.717) is 0 Å². The summed E-state index contributed by atoms with van der Waals surface area (Å²) >= 11 is 0. The van der Waals surface area contributed by atoms with Crippen molar-refractivity contribution < 1.29 is 4.39 Å². The van der Waals surface area contributed by atoms with Crippen LogP contribution in [0.4, 0.5) is 10.1 Å². The average Bonchev–Trinajstić information content (AvgIpc) is 2.33. The zero-order chi connectivity index (χ0) is 11.2. The number of nitrogens with zero attached hydrogens (tertiary/aromatic N) is 2. The highest BCUT2D eigenvalue weighted by Crippen LogP contribution is 2.07. The van der Waals surface area contributed by atoms with Gasteiger partial charge in [-0.2, -0.15) is 5.10 Å². The maximum atomic E-state index is 12.6. The molecule has 1 heterocycles. The SMILES string of the molecule is Fc1ccc(N/N=C/c2ccncc2)cc1. The molecule has 0 radical (unpaired) electrons. The Morgan fingerprint density at radius 2 is 1.75 bits per heavy atom. The van der Waals surface area contributed by atoms with Crippen molar-refractivity contribution in [3.63, 3.8) is 0 Å². The van der Waals surface area contributed by atoms with Gasteiger partial charge in [0.05, 0.1) is 11.9 Å². The molecule has 3 nitrogen and oxygen atoms in total. The molecule has 0 spiro atoms. The lowest BCUT2D eigenvalue weighted by molar-refractivity contribution is 0.628. The first kappa shape index (κ1) is 10.3. The summed E-state index contributed by atoms with van der Waals surface area (Å²) in [5.74, 6) is -0.260. The Labute approximate surface area is 92.7 Å². The van der Waals surface area contributed by atoms with Crippen molar-refractivity contribution >= 4 is 11.9 Å². The van der Waals surface area contributed by atoms with Crippen LogP contribution in [0.25, 0.3) is 0 Å². The van der Waals surface area contributed by atoms with Crippen LogP contribution < -0.4 is 5.43 Å². The monoisotopic (exact) mass is 215 g/mol. The maximum Gasteiger partial charge on any atom is 0.123 e. The van der Waals surface area contributed by atoms with Gasteiger partial charge in [0.2, 0.25) is 0 Å². The van der Waals surface area contributed by atoms with E-state index in [-0.39, 0.29) is 5.82 Å². The van der Waals surface area contributed by atoms with Gasteiger partial charge in [-0.25, -0.2) is 4.39 Å². The van der Waals surface area contributed by atoms with Crippen LogP contribution in [0.15, 0.2) is 53.9 Å². The van der Waals surface area contributed by atoms with E-state index in [0.717, 1.165) is 11.3 Å². The van der Waals surface area contributed by atoms with Crippen LogP contribution in [-0.2, 0) is 0 Å². The van der Waals surface area contributed by atoms with Gasteiger partial charge < -0.3 is 0 Å². The quantitative estimate of drug-likeness (QED) is 0.631. The van der Waals surface area contributed by atoms with E-state index in [4.69, 9.17) is 0 Å². The van der Waals surface area contributed by atoms with Gasteiger partial charge in [0, 0.05) is 12.4 Å². The highest BCUT2D eigenvalue weighted by molar-refractivity contribution is 5.79. The molecular formula is C12H10FN3. The maximum absolute atomic E-state index is 12.6. The van der Waals surface area contributed by atoms with Gasteiger partial charge in [-0.05, 0) is 42.0 Å². The normalized spacial score (nSPS) is 10.6. The molecule has 0 aliphatic rings. The molecule has 1 aromatic carbocycles. The number of benzene rings is 1. The number of hydrogen-bond acceptors (Lipinski definition) is 3. The first-order chi connectivity index (χ1) is 7.84. The lowest BCUT2D eigenvalue weighted by Gasteiger charge is -1.98. The highest BCUT2D eigenvalue weighted by Gasteiger charge is 1.90. The predicted molar refractivity (Wildman–Crippen MR) is 61.9 cm³/mol. The van der Waals surface area contributed by atoms with Crippen LogP contribution in [-0.4, -0.2) is 11.2 Å². The van der Waals surface area contributed by atoms with Crippen LogP contribution in [0, 0.1) is 5.82 Å². The molecule has 0 fully saturated rings. The van der Waals surface area contributed by atoms with Gasteiger partial charge in [-0.15, -0.1) is 0 Å². The van der Waals surface area contributed by atoms with Crippen molar-refractivity contribution in [3.05, 3.63) is 60.2 Å². The summed E-state index contributed by atoms with van der Waals surface area (Å²) in [6.45, 7) is 0. The molecule has 0 saturated carbocycles. The molecule has 1 N–H and O–H groups in total. The van der Waals surface area contributed by atoms with E-state index in [1.165, 1.54) is 12.1 Å². The lowest BCUT2D eigenvalue weighted by atomic mass is 10.3. The summed E-state index contributed by atoms with van der Waals surface area (Å²) in [5.41, 5.74) is 4.49. The van der Waals surface area contributed by atoms with E-state index in [1.807, 2.05) is 12.1 Å². The second-order valence-corrected chi connectivity index (χ2v) is 3.16. The van der Waals surface area contributed by atoms with Crippen LogP contribution in [0.3, 0.4) is 0 Å². The number of nitrogens with one attached hydrogen (secondary N) is 1. The minimum absolute atomic E-state index is 0.260. The average molecular weight is 215 g/mol. The minimum Gasteiger partial charge on any atom is -0.279 e. The molecule has 4 heteroatoms. The van der Waals surface area contributed by atoms with Gasteiger partial charge in [-0.1, -0.05) is 0 Å². The van der Waals surface area contributed by atoms with Crippen molar-refractivity contribution in [2.45, 2.75) is 0 Å². The fraction of sp³-hybridized carbons (Fsp3) is 0. The second kappa shape index (κ2) is 5.02. The molecule has 2 rings (SSSR count). The standard InChI is InChI=1S/C12H10FN3/c13-11-1-3-12(4-2-11)16-15-9-10-5-7-14-8-6-10/h1-9,16H/b15-9+. The number of hydrogen-bond donors (Lipinski definition) is 1. The Morgan fingerprint density at radius 3 is 2.44 bits per heavy atom. The number of anilines is 1. The third kappa shape index (κ3) is 2.88. The summed E-state index contributed by atoms with van der Waals surface area (Å²) in [7, 11) is 0. The number of pyridine rings is 1. The van der Waals surface area contributed by atoms with Crippen LogP contribution in [0.5, 0.6) is 0 Å². The van der Waals surface area contributed by atoms with E-state index in [1.54, 1.807) is 30.7 Å². The molecule has 0 aliphatic heterocycles. The number of hydrazone groups is 1. The molecule has 16 heavy (non-hydrogen) atoms. The van der Waals surface area contributed by atoms with Gasteiger partial charge in [0.25, 0.3) is 0 Å². The first-order valence-electron chi connectivity index (χ1n) is 4.79. The second-order valence-electron chi connectivity index (χ2n) is 3.16. The number of rotatable bonds is 3. The Balaban J connectivity index is 1.97. The third-order valence-electron chi connectivity index (χ3n) is 1.96. The predicted octanol–water partition coefficient (Wildman–Crippen LogP) is 2.67. The van der Waals surface area contributed by atoms with E-state index in [2.05, 4.69) is 15.5 Å². The van der Waals surface area contributed by atoms with Crippen molar-refractivity contribution in [2.75, 3.05) is 5.43 Å². The molecule has 80 valence electrons. The molecule has 0 atom stereocenters. The topological polar surface area (TPSA) is 37.3 Å². The molecular weight excluding hydrogens is 205 g/mol. The van der Waals surface area contributed by atoms with E-state index in [9.17, 15) is 4.39 Å². The molecule has 0 unspecified atom stereocenters. The van der Waals surface area contributed by atoms with Gasteiger partial charge >= 0.3 is 0 Å². The fourth-order valence-corrected chi connectivity index (χ4v) is 1.16. The lowest BCUT2D eigenvalue weighted by Crippen LogP contribution is -1.90. The highest BCUT2D eigenvalue weighted by atomic mass is 19.1. The molecule has 1 aromatic heterocycles. The van der Waals surface area contributed by atoms with Crippen LogP contribution >= 0.6 is 0 Å². The van der Waals surface area contributed by atoms with Crippen molar-refractivity contribution in [3.8, 4) is 0 Å². The van der Waals surface area contributed by atoms with Gasteiger partial charge in [0.1, 0.15) is 5.82 Å². The summed E-state index contributed by atoms with van der Waals surface area (Å²) in [5, 5.41) is 4.02. The molecule has 0 amide bonds. The van der Waals surface area contributed by atoms with E-state index < -0.39 is 0 Å². The number of halogens is 1. The molecule has 0 aliphatic carbocycles. The Hall–Kier alpha value is -2.23. The number of aromatic nitrogens is 1. The largest absolute Gasteiger partial charge is 0.279 e. The zero-order valence-corrected chi connectivity index (χ0v) is 8.47. The van der Waals surface area contributed by atoms with Gasteiger partial charge in [-0.3, -0.25) is 10.4 Å². The summed E-state index contributed by atoms with van der Waals surface area (Å²) < 4.78 is 12.6. The van der Waals surface area contributed by atoms with Crippen molar-refractivity contribution in [2.24, 2.45) is 5.10 Å². The summed E-state index contributed by atoms with van der Waals surface area (Å²) in [6.07, 6.45) is 5.06. The Bertz CT molecular complexity index is 465.